The Kier molecular flexibility index (Phi) is 2.70. The van der Waals surface area contributed by atoms with Crippen LogP contribution < -0.4 is 4.74 Å². The van der Waals surface area contributed by atoms with Crippen molar-refractivity contribution >= 4 is 0 Å². The molecule has 0 aliphatic heterocycles. The first-order chi connectivity index (χ1) is 7.76. The van der Waals surface area contributed by atoms with Crippen LogP contribution in [0.1, 0.15) is 11.3 Å². The number of hydrogen-bond donors (Lipinski definition) is 0. The zero-order chi connectivity index (χ0) is 11.5. The van der Waals surface area contributed by atoms with E-state index in [9.17, 15) is 0 Å². The van der Waals surface area contributed by atoms with Crippen LogP contribution in [-0.2, 0) is 0 Å². The Bertz CT molecular complexity index is 544. The van der Waals surface area contributed by atoms with E-state index in [1.807, 2.05) is 37.3 Å². The Morgan fingerprint density at radius 3 is 2.62 bits per heavy atom. The molecule has 2 rings (SSSR count). The van der Waals surface area contributed by atoms with E-state index >= 15 is 0 Å². The summed E-state index contributed by atoms with van der Waals surface area (Å²) in [6.07, 6.45) is 5.42. The quantitative estimate of drug-likeness (QED) is 0.713. The smallest absolute Gasteiger partial charge is 0.145 e. The fourth-order valence-corrected chi connectivity index (χ4v) is 1.64. The number of para-hydroxylation sites is 1. The SMILES string of the molecule is C#Cc1cccc(-c2ccc(C)o2)c1OC. The lowest BCUT2D eigenvalue weighted by atomic mass is 10.1. The van der Waals surface area contributed by atoms with E-state index in [1.165, 1.54) is 0 Å². The van der Waals surface area contributed by atoms with Crippen molar-refractivity contribution < 1.29 is 9.15 Å². The molecule has 0 aliphatic carbocycles. The Morgan fingerprint density at radius 1 is 1.25 bits per heavy atom. The molecule has 1 heterocycles. The van der Waals surface area contributed by atoms with Gasteiger partial charge < -0.3 is 9.15 Å². The number of rotatable bonds is 2. The molecule has 0 saturated carbocycles. The summed E-state index contributed by atoms with van der Waals surface area (Å²) >= 11 is 0. The van der Waals surface area contributed by atoms with Gasteiger partial charge in [0.1, 0.15) is 17.3 Å². The maximum Gasteiger partial charge on any atom is 0.145 e. The molecular formula is C14H12O2. The van der Waals surface area contributed by atoms with Gasteiger partial charge in [0.25, 0.3) is 0 Å². The standard InChI is InChI=1S/C14H12O2/c1-4-11-6-5-7-12(14(11)15-3)13-9-8-10(2)16-13/h1,5-9H,2-3H3. The molecular weight excluding hydrogens is 200 g/mol. The molecule has 1 aromatic carbocycles. The molecule has 0 aliphatic rings. The summed E-state index contributed by atoms with van der Waals surface area (Å²) in [6, 6.07) is 9.49. The van der Waals surface area contributed by atoms with Crippen molar-refractivity contribution in [3.63, 3.8) is 0 Å². The zero-order valence-electron chi connectivity index (χ0n) is 9.28. The second-order valence-electron chi connectivity index (χ2n) is 3.44. The van der Waals surface area contributed by atoms with E-state index in [4.69, 9.17) is 15.6 Å². The number of aryl methyl sites for hydroxylation is 1. The summed E-state index contributed by atoms with van der Waals surface area (Å²) in [7, 11) is 1.61. The molecule has 80 valence electrons. The fourth-order valence-electron chi connectivity index (χ4n) is 1.64. The minimum absolute atomic E-state index is 0.680. The Hall–Kier alpha value is -2.14. The zero-order valence-corrected chi connectivity index (χ0v) is 9.28. The number of methoxy groups -OCH3 is 1. The molecule has 1 aromatic heterocycles. The Morgan fingerprint density at radius 2 is 2.06 bits per heavy atom. The van der Waals surface area contributed by atoms with Crippen molar-refractivity contribution in [1.29, 1.82) is 0 Å². The van der Waals surface area contributed by atoms with Crippen LogP contribution >= 0.6 is 0 Å². The first-order valence-corrected chi connectivity index (χ1v) is 4.96. The van der Waals surface area contributed by atoms with E-state index in [0.29, 0.717) is 5.75 Å². The van der Waals surface area contributed by atoms with E-state index < -0.39 is 0 Å². The summed E-state index contributed by atoms with van der Waals surface area (Å²) in [6.45, 7) is 1.90. The third-order valence-electron chi connectivity index (χ3n) is 2.38. The van der Waals surface area contributed by atoms with Crippen LogP contribution in [0.2, 0.25) is 0 Å². The number of benzene rings is 1. The summed E-state index contributed by atoms with van der Waals surface area (Å²) in [5.74, 6) is 4.91. The van der Waals surface area contributed by atoms with Crippen LogP contribution in [0, 0.1) is 19.3 Å². The average molecular weight is 212 g/mol. The van der Waals surface area contributed by atoms with E-state index in [2.05, 4.69) is 5.92 Å². The van der Waals surface area contributed by atoms with Gasteiger partial charge in [0, 0.05) is 0 Å². The summed E-state index contributed by atoms with van der Waals surface area (Å²) < 4.78 is 10.9. The van der Waals surface area contributed by atoms with Gasteiger partial charge in [-0.15, -0.1) is 6.42 Å². The van der Waals surface area contributed by atoms with Crippen molar-refractivity contribution in [1.82, 2.24) is 0 Å². The van der Waals surface area contributed by atoms with Crippen LogP contribution in [0.4, 0.5) is 0 Å². The summed E-state index contributed by atoms with van der Waals surface area (Å²) in [5.41, 5.74) is 1.61. The van der Waals surface area contributed by atoms with Crippen molar-refractivity contribution in [2.45, 2.75) is 6.92 Å². The molecule has 0 spiro atoms. The van der Waals surface area contributed by atoms with Crippen molar-refractivity contribution in [3.8, 4) is 29.4 Å². The van der Waals surface area contributed by atoms with Crippen molar-refractivity contribution in [2.24, 2.45) is 0 Å². The predicted octanol–water partition coefficient (Wildman–Crippen LogP) is 3.24. The minimum atomic E-state index is 0.680. The molecule has 0 saturated heterocycles. The molecule has 0 atom stereocenters. The lowest BCUT2D eigenvalue weighted by Gasteiger charge is -2.08. The third kappa shape index (κ3) is 1.68. The Labute approximate surface area is 94.9 Å². The highest BCUT2D eigenvalue weighted by Crippen LogP contribution is 2.33. The molecule has 0 amide bonds. The molecule has 16 heavy (non-hydrogen) atoms. The van der Waals surface area contributed by atoms with Crippen molar-refractivity contribution in [3.05, 3.63) is 41.7 Å². The van der Waals surface area contributed by atoms with E-state index in [1.54, 1.807) is 7.11 Å². The molecule has 0 fully saturated rings. The highest BCUT2D eigenvalue weighted by atomic mass is 16.5. The molecule has 2 nitrogen and oxygen atoms in total. The third-order valence-corrected chi connectivity index (χ3v) is 2.38. The minimum Gasteiger partial charge on any atom is -0.495 e. The molecule has 0 unspecified atom stereocenters. The highest BCUT2D eigenvalue weighted by Gasteiger charge is 2.11. The lowest BCUT2D eigenvalue weighted by molar-refractivity contribution is 0.413. The fraction of sp³-hybridized carbons (Fsp3) is 0.143. The number of furan rings is 1. The first-order valence-electron chi connectivity index (χ1n) is 4.96. The highest BCUT2D eigenvalue weighted by molar-refractivity contribution is 5.70. The topological polar surface area (TPSA) is 22.4 Å². The second-order valence-corrected chi connectivity index (χ2v) is 3.44. The van der Waals surface area contributed by atoms with Gasteiger partial charge in [-0.05, 0) is 31.2 Å². The Balaban J connectivity index is 2.61. The molecule has 2 aromatic rings. The summed E-state index contributed by atoms with van der Waals surface area (Å²) in [4.78, 5) is 0. The normalized spacial score (nSPS) is 9.81. The van der Waals surface area contributed by atoms with Gasteiger partial charge in [0.05, 0.1) is 18.2 Å². The number of ether oxygens (including phenoxy) is 1. The monoisotopic (exact) mass is 212 g/mol. The molecule has 0 radical (unpaired) electrons. The van der Waals surface area contributed by atoms with Gasteiger partial charge in [-0.25, -0.2) is 0 Å². The molecule has 2 heteroatoms. The number of terminal acetylenes is 1. The van der Waals surface area contributed by atoms with Crippen LogP contribution in [0.15, 0.2) is 34.7 Å². The summed E-state index contributed by atoms with van der Waals surface area (Å²) in [5, 5.41) is 0. The van der Waals surface area contributed by atoms with Gasteiger partial charge in [-0.3, -0.25) is 0 Å². The first kappa shape index (κ1) is 10.4. The maximum absolute atomic E-state index is 5.56. The predicted molar refractivity (Wildman–Crippen MR) is 63.4 cm³/mol. The molecule has 0 N–H and O–H groups in total. The van der Waals surface area contributed by atoms with Gasteiger partial charge in [0.15, 0.2) is 0 Å². The second kappa shape index (κ2) is 4.16. The lowest BCUT2D eigenvalue weighted by Crippen LogP contribution is -1.90. The van der Waals surface area contributed by atoms with Crippen molar-refractivity contribution in [2.75, 3.05) is 7.11 Å². The van der Waals surface area contributed by atoms with Crippen LogP contribution in [-0.4, -0.2) is 7.11 Å². The molecule has 0 bridgehead atoms. The van der Waals surface area contributed by atoms with Gasteiger partial charge in [-0.2, -0.15) is 0 Å². The van der Waals surface area contributed by atoms with Crippen LogP contribution in [0.3, 0.4) is 0 Å². The van der Waals surface area contributed by atoms with Gasteiger partial charge in [-0.1, -0.05) is 12.0 Å². The van der Waals surface area contributed by atoms with Gasteiger partial charge in [0.2, 0.25) is 0 Å². The van der Waals surface area contributed by atoms with E-state index in [0.717, 1.165) is 22.6 Å². The van der Waals surface area contributed by atoms with E-state index in [-0.39, 0.29) is 0 Å². The van der Waals surface area contributed by atoms with Gasteiger partial charge >= 0.3 is 0 Å². The average Bonchev–Trinajstić information content (AvgIpc) is 2.74. The van der Waals surface area contributed by atoms with Crippen LogP contribution in [0.5, 0.6) is 5.75 Å². The maximum atomic E-state index is 5.56. The number of hydrogen-bond acceptors (Lipinski definition) is 2. The largest absolute Gasteiger partial charge is 0.495 e. The van der Waals surface area contributed by atoms with Crippen LogP contribution in [0.25, 0.3) is 11.3 Å².